The quantitative estimate of drug-likeness (QED) is 0.813. The predicted octanol–water partition coefficient (Wildman–Crippen LogP) is 2.77. The molecule has 0 bridgehead atoms. The van der Waals surface area contributed by atoms with Crippen molar-refractivity contribution in [1.82, 2.24) is 0 Å². The Morgan fingerprint density at radius 3 is 2.56 bits per heavy atom. The summed E-state index contributed by atoms with van der Waals surface area (Å²) in [5.41, 5.74) is 1.78. The summed E-state index contributed by atoms with van der Waals surface area (Å²) in [6.07, 6.45) is 3.50. The number of ether oxygens (including phenoxy) is 1. The highest BCUT2D eigenvalue weighted by Crippen LogP contribution is 2.36. The fourth-order valence-electron chi connectivity index (χ4n) is 2.25. The summed E-state index contributed by atoms with van der Waals surface area (Å²) in [7, 11) is 0. The molecule has 1 aliphatic heterocycles. The first-order valence-electron chi connectivity index (χ1n) is 6.17. The Hall–Kier alpha value is -1.61. The molecule has 1 N–H and O–H groups in total. The Labute approximate surface area is 107 Å². The van der Waals surface area contributed by atoms with Crippen LogP contribution in [0.4, 0.5) is 0 Å². The Morgan fingerprint density at radius 2 is 2.06 bits per heavy atom. The maximum Gasteiger partial charge on any atom is 0.330 e. The summed E-state index contributed by atoms with van der Waals surface area (Å²) < 4.78 is 5.36. The molecule has 3 heteroatoms. The van der Waals surface area contributed by atoms with Crippen LogP contribution < -0.4 is 0 Å². The van der Waals surface area contributed by atoms with Crippen molar-refractivity contribution in [3.8, 4) is 0 Å². The van der Waals surface area contributed by atoms with Gasteiger partial charge in [-0.05, 0) is 25.3 Å². The molecule has 1 aromatic carbocycles. The molecular weight excluding hydrogens is 228 g/mol. The Morgan fingerprint density at radius 1 is 1.39 bits per heavy atom. The molecule has 1 fully saturated rings. The van der Waals surface area contributed by atoms with Gasteiger partial charge in [0.15, 0.2) is 0 Å². The number of allylic oxidation sites excluding steroid dienone is 1. The maximum absolute atomic E-state index is 10.7. The van der Waals surface area contributed by atoms with E-state index in [1.807, 2.05) is 18.2 Å². The molecule has 1 aromatic rings. The summed E-state index contributed by atoms with van der Waals surface area (Å²) in [6.45, 7) is 3.10. The van der Waals surface area contributed by atoms with Gasteiger partial charge in [0.2, 0.25) is 0 Å². The van der Waals surface area contributed by atoms with Crippen LogP contribution in [0, 0.1) is 0 Å². The van der Waals surface area contributed by atoms with Gasteiger partial charge in [0.1, 0.15) is 0 Å². The van der Waals surface area contributed by atoms with Gasteiger partial charge in [-0.25, -0.2) is 4.79 Å². The normalized spacial score (nSPS) is 18.2. The molecule has 0 spiro atoms. The molecule has 3 nitrogen and oxygen atoms in total. The summed E-state index contributed by atoms with van der Waals surface area (Å²) in [6, 6.07) is 10.3. The number of rotatable bonds is 5. The topological polar surface area (TPSA) is 46.5 Å². The third kappa shape index (κ3) is 2.62. The second-order valence-electron chi connectivity index (χ2n) is 4.87. The molecule has 0 atom stereocenters. The zero-order valence-corrected chi connectivity index (χ0v) is 10.6. The summed E-state index contributed by atoms with van der Waals surface area (Å²) in [5, 5.41) is 8.81. The number of carbonyl (C=O) groups is 1. The van der Waals surface area contributed by atoms with Crippen LogP contribution in [0.1, 0.15) is 25.3 Å². The van der Waals surface area contributed by atoms with E-state index in [9.17, 15) is 4.79 Å². The monoisotopic (exact) mass is 246 g/mol. The Balaban J connectivity index is 2.02. The molecule has 1 saturated heterocycles. The highest BCUT2D eigenvalue weighted by molar-refractivity contribution is 5.85. The molecule has 2 rings (SSSR count). The van der Waals surface area contributed by atoms with Gasteiger partial charge >= 0.3 is 5.97 Å². The highest BCUT2D eigenvalue weighted by atomic mass is 16.5. The largest absolute Gasteiger partial charge is 0.478 e. The van der Waals surface area contributed by atoms with Crippen LogP contribution in [-0.2, 0) is 14.9 Å². The van der Waals surface area contributed by atoms with Gasteiger partial charge in [-0.15, -0.1) is 0 Å². The fourth-order valence-corrected chi connectivity index (χ4v) is 2.25. The van der Waals surface area contributed by atoms with Gasteiger partial charge in [-0.3, -0.25) is 0 Å². The van der Waals surface area contributed by atoms with Crippen LogP contribution in [0.5, 0.6) is 0 Å². The van der Waals surface area contributed by atoms with Gasteiger partial charge in [0.05, 0.1) is 13.2 Å². The maximum atomic E-state index is 10.7. The SMILES string of the molecule is CC(=CCCC1(c2ccccc2)COC1)C(=O)O. The minimum atomic E-state index is -0.839. The van der Waals surface area contributed by atoms with Crippen LogP contribution in [0.25, 0.3) is 0 Å². The first-order chi connectivity index (χ1) is 8.64. The molecule has 0 aromatic heterocycles. The predicted molar refractivity (Wildman–Crippen MR) is 69.6 cm³/mol. The summed E-state index contributed by atoms with van der Waals surface area (Å²) in [4.78, 5) is 10.7. The number of carboxylic acid groups (broad SMARTS) is 1. The lowest BCUT2D eigenvalue weighted by molar-refractivity contribution is -0.132. The second kappa shape index (κ2) is 5.36. The van der Waals surface area contributed by atoms with E-state index in [2.05, 4.69) is 12.1 Å². The first-order valence-corrected chi connectivity index (χ1v) is 6.17. The molecule has 1 aliphatic rings. The Bertz CT molecular complexity index is 444. The van der Waals surface area contributed by atoms with Crippen molar-refractivity contribution in [2.75, 3.05) is 13.2 Å². The van der Waals surface area contributed by atoms with Gasteiger partial charge in [-0.2, -0.15) is 0 Å². The number of benzene rings is 1. The number of carboxylic acids is 1. The molecule has 0 amide bonds. The van der Waals surface area contributed by atoms with Crippen LogP contribution in [0.3, 0.4) is 0 Å². The van der Waals surface area contributed by atoms with Crippen molar-refractivity contribution in [1.29, 1.82) is 0 Å². The van der Waals surface area contributed by atoms with Crippen LogP contribution in [0.2, 0.25) is 0 Å². The van der Waals surface area contributed by atoms with E-state index in [-0.39, 0.29) is 5.41 Å². The first kappa shape index (κ1) is 12.8. The van der Waals surface area contributed by atoms with E-state index in [0.29, 0.717) is 5.57 Å². The fraction of sp³-hybridized carbons (Fsp3) is 0.400. The lowest BCUT2D eigenvalue weighted by atomic mass is 9.75. The van der Waals surface area contributed by atoms with E-state index in [4.69, 9.17) is 9.84 Å². The van der Waals surface area contributed by atoms with Crippen molar-refractivity contribution < 1.29 is 14.6 Å². The Kier molecular flexibility index (Phi) is 3.82. The third-order valence-electron chi connectivity index (χ3n) is 3.55. The number of aliphatic carboxylic acids is 1. The van der Waals surface area contributed by atoms with Gasteiger partial charge < -0.3 is 9.84 Å². The van der Waals surface area contributed by atoms with Gasteiger partial charge in [0.25, 0.3) is 0 Å². The van der Waals surface area contributed by atoms with E-state index >= 15 is 0 Å². The average Bonchev–Trinajstić information content (AvgIpc) is 2.33. The molecule has 0 unspecified atom stereocenters. The number of hydrogen-bond acceptors (Lipinski definition) is 2. The molecular formula is C15H18O3. The van der Waals surface area contributed by atoms with Crippen LogP contribution in [-0.4, -0.2) is 24.3 Å². The van der Waals surface area contributed by atoms with E-state index in [1.165, 1.54) is 5.56 Å². The average molecular weight is 246 g/mol. The standard InChI is InChI=1S/C15H18O3/c1-12(14(16)17)6-5-9-15(10-18-11-15)13-7-3-2-4-8-13/h2-4,6-8H,5,9-11H2,1H3,(H,16,17). The second-order valence-corrected chi connectivity index (χ2v) is 4.87. The highest BCUT2D eigenvalue weighted by Gasteiger charge is 2.39. The van der Waals surface area contributed by atoms with E-state index < -0.39 is 5.97 Å². The minimum absolute atomic E-state index is 0.0799. The smallest absolute Gasteiger partial charge is 0.330 e. The lowest BCUT2D eigenvalue weighted by Crippen LogP contribution is -2.46. The van der Waals surface area contributed by atoms with Crippen molar-refractivity contribution in [2.45, 2.75) is 25.2 Å². The lowest BCUT2D eigenvalue weighted by Gasteiger charge is -2.42. The van der Waals surface area contributed by atoms with Crippen LogP contribution in [0.15, 0.2) is 42.0 Å². The van der Waals surface area contributed by atoms with E-state index in [0.717, 1.165) is 26.1 Å². The van der Waals surface area contributed by atoms with Crippen molar-refractivity contribution in [3.63, 3.8) is 0 Å². The molecule has 0 aliphatic carbocycles. The summed E-state index contributed by atoms with van der Waals surface area (Å²) in [5.74, 6) is -0.839. The number of hydrogen-bond donors (Lipinski definition) is 1. The minimum Gasteiger partial charge on any atom is -0.478 e. The molecule has 0 radical (unpaired) electrons. The van der Waals surface area contributed by atoms with Crippen LogP contribution >= 0.6 is 0 Å². The van der Waals surface area contributed by atoms with Crippen molar-refractivity contribution >= 4 is 5.97 Å². The zero-order valence-electron chi connectivity index (χ0n) is 10.6. The van der Waals surface area contributed by atoms with Gasteiger partial charge in [0, 0.05) is 11.0 Å². The third-order valence-corrected chi connectivity index (χ3v) is 3.55. The van der Waals surface area contributed by atoms with Crippen molar-refractivity contribution in [2.24, 2.45) is 0 Å². The molecule has 96 valence electrons. The van der Waals surface area contributed by atoms with Gasteiger partial charge in [-0.1, -0.05) is 36.4 Å². The zero-order chi connectivity index (χ0) is 13.0. The molecule has 1 heterocycles. The van der Waals surface area contributed by atoms with E-state index in [1.54, 1.807) is 13.0 Å². The molecule has 18 heavy (non-hydrogen) atoms. The molecule has 0 saturated carbocycles. The summed E-state index contributed by atoms with van der Waals surface area (Å²) >= 11 is 0. The van der Waals surface area contributed by atoms with Crippen molar-refractivity contribution in [3.05, 3.63) is 47.5 Å².